The van der Waals surface area contributed by atoms with E-state index in [2.05, 4.69) is 9.82 Å². The van der Waals surface area contributed by atoms with Crippen molar-refractivity contribution < 1.29 is 13.5 Å². The van der Waals surface area contributed by atoms with Crippen molar-refractivity contribution in [2.24, 2.45) is 13.0 Å². The van der Waals surface area contributed by atoms with E-state index in [0.717, 1.165) is 0 Å². The summed E-state index contributed by atoms with van der Waals surface area (Å²) in [5.41, 5.74) is 0.362. The van der Waals surface area contributed by atoms with Gasteiger partial charge in [0.1, 0.15) is 10.0 Å². The molecule has 0 bridgehead atoms. The van der Waals surface area contributed by atoms with E-state index in [9.17, 15) is 8.42 Å². The highest BCUT2D eigenvalue weighted by Gasteiger charge is 2.29. The van der Waals surface area contributed by atoms with Crippen molar-refractivity contribution in [3.8, 4) is 0 Å². The molecule has 0 aromatic carbocycles. The molecule has 0 unspecified atom stereocenters. The van der Waals surface area contributed by atoms with Gasteiger partial charge in [-0.2, -0.15) is 5.10 Å². The van der Waals surface area contributed by atoms with E-state index in [-0.39, 0.29) is 28.6 Å². The lowest BCUT2D eigenvalue weighted by Gasteiger charge is -2.13. The number of aryl methyl sites for hydroxylation is 2. The lowest BCUT2D eigenvalue weighted by molar-refractivity contribution is 0.248. The second-order valence-corrected chi connectivity index (χ2v) is 6.63. The fourth-order valence-corrected chi connectivity index (χ4v) is 4.13. The molecule has 0 saturated heterocycles. The summed E-state index contributed by atoms with van der Waals surface area (Å²) in [4.78, 5) is 0.0116. The topological polar surface area (TPSA) is 84.2 Å². The fraction of sp³-hybridized carbons (Fsp3) is 0.545. The first kappa shape index (κ1) is 14.5. The van der Waals surface area contributed by atoms with Gasteiger partial charge in [-0.05, 0) is 13.3 Å². The summed E-state index contributed by atoms with van der Waals surface area (Å²) in [6.07, 6.45) is 4.11. The lowest BCUT2D eigenvalue weighted by atomic mass is 10.1. The predicted molar refractivity (Wildman–Crippen MR) is 71.4 cm³/mol. The van der Waals surface area contributed by atoms with Gasteiger partial charge in [-0.25, -0.2) is 13.1 Å². The van der Waals surface area contributed by atoms with E-state index >= 15 is 0 Å². The van der Waals surface area contributed by atoms with Crippen LogP contribution in [-0.2, 0) is 17.1 Å². The van der Waals surface area contributed by atoms with Gasteiger partial charge in [0.2, 0.25) is 10.0 Å². The molecule has 1 aromatic rings. The smallest absolute Gasteiger partial charge is 0.246 e. The Hall–Kier alpha value is -0.890. The van der Waals surface area contributed by atoms with Crippen LogP contribution in [0.4, 0.5) is 0 Å². The van der Waals surface area contributed by atoms with Crippen molar-refractivity contribution in [2.75, 3.05) is 6.61 Å². The van der Waals surface area contributed by atoms with Crippen LogP contribution in [0.15, 0.2) is 17.0 Å². The van der Waals surface area contributed by atoms with Crippen molar-refractivity contribution in [1.82, 2.24) is 14.5 Å². The Morgan fingerprint density at radius 3 is 2.74 bits per heavy atom. The zero-order valence-corrected chi connectivity index (χ0v) is 12.2. The first-order chi connectivity index (χ1) is 8.85. The van der Waals surface area contributed by atoms with Crippen LogP contribution in [0.5, 0.6) is 0 Å². The summed E-state index contributed by atoms with van der Waals surface area (Å²) in [6, 6.07) is -0.321. The monoisotopic (exact) mass is 305 g/mol. The molecule has 8 heteroatoms. The van der Waals surface area contributed by atoms with Crippen LogP contribution in [0.25, 0.3) is 0 Å². The van der Waals surface area contributed by atoms with Crippen LogP contribution in [-0.4, -0.2) is 36.0 Å². The molecule has 2 rings (SSSR count). The zero-order chi connectivity index (χ0) is 14.2. The quantitative estimate of drug-likeness (QED) is 0.798. The maximum atomic E-state index is 12.3. The summed E-state index contributed by atoms with van der Waals surface area (Å²) < 4.78 is 28.5. The van der Waals surface area contributed by atoms with Crippen LogP contribution in [0, 0.1) is 12.8 Å². The van der Waals surface area contributed by atoms with Crippen molar-refractivity contribution in [1.29, 1.82) is 0 Å². The predicted octanol–water partition coefficient (Wildman–Crippen LogP) is 0.597. The number of rotatable bonds is 4. The van der Waals surface area contributed by atoms with E-state index in [1.807, 2.05) is 6.08 Å². The molecule has 19 heavy (non-hydrogen) atoms. The number of aromatic nitrogens is 2. The third kappa shape index (κ3) is 2.84. The minimum Gasteiger partial charge on any atom is -0.396 e. The second kappa shape index (κ2) is 5.24. The number of hydrogen-bond acceptors (Lipinski definition) is 4. The Bertz CT molecular complexity index is 609. The zero-order valence-electron chi connectivity index (χ0n) is 10.7. The number of sulfonamides is 1. The summed E-state index contributed by atoms with van der Waals surface area (Å²) in [7, 11) is -2.13. The maximum Gasteiger partial charge on any atom is 0.246 e. The number of nitrogens with one attached hydrogen (secondary N) is 1. The molecule has 0 aliphatic heterocycles. The Morgan fingerprint density at radius 1 is 1.58 bits per heavy atom. The average molecular weight is 306 g/mol. The summed E-state index contributed by atoms with van der Waals surface area (Å²) in [5, 5.41) is 13.1. The molecule has 1 aromatic heterocycles. The first-order valence-corrected chi connectivity index (χ1v) is 7.72. The standard InChI is InChI=1S/C11H16ClN3O3S/c1-7-10(11(12)15(2)13-7)19(17,18)14-9-4-3-8(5-9)6-16/h3-4,8-9,14,16H,5-6H2,1-2H3/t8-,9+/m0/s1. The summed E-state index contributed by atoms with van der Waals surface area (Å²) in [5.74, 6) is -0.00170. The Labute approximate surface area is 117 Å². The fourth-order valence-electron chi connectivity index (χ4n) is 2.17. The second-order valence-electron chi connectivity index (χ2n) is 4.62. The van der Waals surface area contributed by atoms with Crippen molar-refractivity contribution in [3.63, 3.8) is 0 Å². The third-order valence-corrected chi connectivity index (χ3v) is 5.27. The molecule has 1 aliphatic carbocycles. The van der Waals surface area contributed by atoms with E-state index in [1.165, 1.54) is 4.68 Å². The van der Waals surface area contributed by atoms with Gasteiger partial charge in [-0.15, -0.1) is 0 Å². The van der Waals surface area contributed by atoms with Gasteiger partial charge in [0.05, 0.1) is 5.69 Å². The van der Waals surface area contributed by atoms with E-state index in [1.54, 1.807) is 20.0 Å². The highest BCUT2D eigenvalue weighted by Crippen LogP contribution is 2.26. The molecule has 1 aliphatic rings. The largest absolute Gasteiger partial charge is 0.396 e. The lowest BCUT2D eigenvalue weighted by Crippen LogP contribution is -2.33. The molecule has 1 heterocycles. The van der Waals surface area contributed by atoms with Gasteiger partial charge >= 0.3 is 0 Å². The minimum atomic E-state index is -3.71. The van der Waals surface area contributed by atoms with Crippen molar-refractivity contribution in [3.05, 3.63) is 23.0 Å². The van der Waals surface area contributed by atoms with E-state index in [0.29, 0.717) is 12.1 Å². The highest BCUT2D eigenvalue weighted by atomic mass is 35.5. The normalized spacial score (nSPS) is 23.2. The molecule has 6 nitrogen and oxygen atoms in total. The van der Waals surface area contributed by atoms with Gasteiger partial charge in [-0.3, -0.25) is 4.68 Å². The third-order valence-electron chi connectivity index (χ3n) is 3.08. The minimum absolute atomic E-state index is 0.00170. The maximum absolute atomic E-state index is 12.3. The molecular weight excluding hydrogens is 290 g/mol. The van der Waals surface area contributed by atoms with Gasteiger partial charge in [0.15, 0.2) is 0 Å². The Balaban J connectivity index is 2.22. The van der Waals surface area contributed by atoms with Crippen LogP contribution in [0.1, 0.15) is 12.1 Å². The van der Waals surface area contributed by atoms with Crippen LogP contribution in [0.2, 0.25) is 5.15 Å². The number of aliphatic hydroxyl groups excluding tert-OH is 1. The van der Waals surface area contributed by atoms with Crippen molar-refractivity contribution >= 4 is 21.6 Å². The number of aliphatic hydroxyl groups is 1. The molecule has 2 atom stereocenters. The molecule has 0 fully saturated rings. The molecule has 2 N–H and O–H groups in total. The van der Waals surface area contributed by atoms with E-state index in [4.69, 9.17) is 16.7 Å². The van der Waals surface area contributed by atoms with Crippen LogP contribution >= 0.6 is 11.6 Å². The first-order valence-electron chi connectivity index (χ1n) is 5.85. The number of halogens is 1. The highest BCUT2D eigenvalue weighted by molar-refractivity contribution is 7.89. The molecule has 0 spiro atoms. The number of hydrogen-bond donors (Lipinski definition) is 2. The van der Waals surface area contributed by atoms with Crippen LogP contribution in [0.3, 0.4) is 0 Å². The molecule has 106 valence electrons. The van der Waals surface area contributed by atoms with Gasteiger partial charge in [0, 0.05) is 25.6 Å². The Morgan fingerprint density at radius 2 is 2.26 bits per heavy atom. The number of nitrogens with zero attached hydrogens (tertiary/aromatic N) is 2. The average Bonchev–Trinajstić information content (AvgIpc) is 2.84. The SMILES string of the molecule is Cc1nn(C)c(Cl)c1S(=O)(=O)N[C@@H]1C=C[C@H](CO)C1. The Kier molecular flexibility index (Phi) is 4.00. The molecule has 0 radical (unpaired) electrons. The van der Waals surface area contributed by atoms with Gasteiger partial charge < -0.3 is 5.11 Å². The van der Waals surface area contributed by atoms with Crippen LogP contribution < -0.4 is 4.72 Å². The molecule has 0 amide bonds. The van der Waals surface area contributed by atoms with E-state index < -0.39 is 10.0 Å². The summed E-state index contributed by atoms with van der Waals surface area (Å²) >= 11 is 5.96. The summed E-state index contributed by atoms with van der Waals surface area (Å²) in [6.45, 7) is 1.61. The molecule has 0 saturated carbocycles. The molecular formula is C11H16ClN3O3S. The van der Waals surface area contributed by atoms with Gasteiger partial charge in [0.25, 0.3) is 0 Å². The van der Waals surface area contributed by atoms with Gasteiger partial charge in [-0.1, -0.05) is 23.8 Å². The van der Waals surface area contributed by atoms with Crippen molar-refractivity contribution in [2.45, 2.75) is 24.3 Å².